The monoisotopic (exact) mass is 492 g/mol. The fraction of sp³-hybridized carbons (Fsp3) is 0.0952. The summed E-state index contributed by atoms with van der Waals surface area (Å²) in [6, 6.07) is 17.9. The van der Waals surface area contributed by atoms with E-state index in [4.69, 9.17) is 4.74 Å². The Labute approximate surface area is 182 Å². The number of methoxy groups -OCH3 is 1. The number of ether oxygens (including phenoxy) is 1. The molecule has 1 amide bonds. The van der Waals surface area contributed by atoms with Gasteiger partial charge in [0.2, 0.25) is 5.91 Å². The second-order valence-electron chi connectivity index (χ2n) is 6.17. The highest BCUT2D eigenvalue weighted by Crippen LogP contribution is 2.28. The zero-order valence-corrected chi connectivity index (χ0v) is 18.3. The van der Waals surface area contributed by atoms with Crippen molar-refractivity contribution in [2.75, 3.05) is 23.3 Å². The smallest absolute Gasteiger partial charge is 0.264 e. The van der Waals surface area contributed by atoms with Gasteiger partial charge in [0, 0.05) is 4.47 Å². The summed E-state index contributed by atoms with van der Waals surface area (Å²) < 4.78 is 47.4. The van der Waals surface area contributed by atoms with Crippen LogP contribution in [0.2, 0.25) is 0 Å². The minimum atomic E-state index is -4.23. The topological polar surface area (TPSA) is 75.7 Å². The molecule has 0 unspecified atom stereocenters. The number of carbonyl (C=O) groups is 1. The molecule has 0 spiro atoms. The van der Waals surface area contributed by atoms with Gasteiger partial charge in [0.15, 0.2) is 0 Å². The van der Waals surface area contributed by atoms with Gasteiger partial charge in [-0.25, -0.2) is 12.8 Å². The molecule has 1 N–H and O–H groups in total. The maximum Gasteiger partial charge on any atom is 0.264 e. The van der Waals surface area contributed by atoms with Crippen LogP contribution in [0.1, 0.15) is 0 Å². The molecule has 0 aromatic heterocycles. The van der Waals surface area contributed by atoms with E-state index in [1.807, 2.05) is 0 Å². The molecule has 3 aromatic rings. The molecule has 3 rings (SSSR count). The van der Waals surface area contributed by atoms with Gasteiger partial charge >= 0.3 is 0 Å². The lowest BCUT2D eigenvalue weighted by atomic mass is 10.3. The summed E-state index contributed by atoms with van der Waals surface area (Å²) in [7, 11) is -2.77. The van der Waals surface area contributed by atoms with Crippen molar-refractivity contribution in [2.24, 2.45) is 0 Å². The average molecular weight is 493 g/mol. The van der Waals surface area contributed by atoms with Crippen LogP contribution in [0, 0.1) is 5.82 Å². The van der Waals surface area contributed by atoms with E-state index in [1.165, 1.54) is 49.6 Å². The van der Waals surface area contributed by atoms with Gasteiger partial charge in [-0.3, -0.25) is 9.10 Å². The number of rotatable bonds is 7. The van der Waals surface area contributed by atoms with E-state index in [-0.39, 0.29) is 10.6 Å². The zero-order chi connectivity index (χ0) is 21.7. The quantitative estimate of drug-likeness (QED) is 0.529. The van der Waals surface area contributed by atoms with E-state index in [1.54, 1.807) is 24.3 Å². The van der Waals surface area contributed by atoms with E-state index in [2.05, 4.69) is 21.2 Å². The van der Waals surface area contributed by atoms with Crippen molar-refractivity contribution in [3.05, 3.63) is 83.1 Å². The van der Waals surface area contributed by atoms with E-state index >= 15 is 0 Å². The van der Waals surface area contributed by atoms with Gasteiger partial charge in [-0.1, -0.05) is 24.3 Å². The summed E-state index contributed by atoms with van der Waals surface area (Å²) in [6.45, 7) is -0.614. The molecule has 30 heavy (non-hydrogen) atoms. The molecule has 0 aliphatic heterocycles. The van der Waals surface area contributed by atoms with Gasteiger partial charge in [0.1, 0.15) is 18.1 Å². The lowest BCUT2D eigenvalue weighted by Crippen LogP contribution is -2.38. The number of halogens is 2. The van der Waals surface area contributed by atoms with Crippen molar-refractivity contribution < 1.29 is 22.3 Å². The number of sulfonamides is 1. The number of carbonyl (C=O) groups excluding carboxylic acids is 1. The first kappa shape index (κ1) is 21.8. The van der Waals surface area contributed by atoms with Gasteiger partial charge in [-0.15, -0.1) is 0 Å². The molecule has 0 saturated carbocycles. The number of amides is 1. The van der Waals surface area contributed by atoms with Gasteiger partial charge in [0.25, 0.3) is 10.0 Å². The number of hydrogen-bond acceptors (Lipinski definition) is 4. The lowest BCUT2D eigenvalue weighted by molar-refractivity contribution is -0.114. The fourth-order valence-electron chi connectivity index (χ4n) is 2.71. The molecule has 0 heterocycles. The maximum absolute atomic E-state index is 14.5. The predicted octanol–water partition coefficient (Wildman–Crippen LogP) is 4.43. The third kappa shape index (κ3) is 4.80. The molecule has 156 valence electrons. The number of para-hydroxylation sites is 2. The van der Waals surface area contributed by atoms with Crippen LogP contribution in [0.15, 0.2) is 82.2 Å². The van der Waals surface area contributed by atoms with Crippen molar-refractivity contribution in [3.63, 3.8) is 0 Å². The molecule has 0 aliphatic carbocycles. The molecule has 3 aromatic carbocycles. The Morgan fingerprint density at radius 2 is 1.67 bits per heavy atom. The Kier molecular flexibility index (Phi) is 6.73. The molecule has 0 radical (unpaired) electrons. The first-order valence-electron chi connectivity index (χ1n) is 8.78. The second kappa shape index (κ2) is 9.27. The Balaban J connectivity index is 1.97. The van der Waals surface area contributed by atoms with Crippen LogP contribution in [-0.4, -0.2) is 28.0 Å². The molecule has 0 aliphatic rings. The van der Waals surface area contributed by atoms with E-state index in [0.29, 0.717) is 15.9 Å². The minimum absolute atomic E-state index is 0.0970. The van der Waals surface area contributed by atoms with E-state index in [9.17, 15) is 17.6 Å². The molecule has 6 nitrogen and oxygen atoms in total. The Morgan fingerprint density at radius 1 is 1.03 bits per heavy atom. The zero-order valence-electron chi connectivity index (χ0n) is 15.9. The first-order valence-corrected chi connectivity index (χ1v) is 11.0. The van der Waals surface area contributed by atoms with Gasteiger partial charge in [0.05, 0.1) is 23.4 Å². The van der Waals surface area contributed by atoms with Crippen molar-refractivity contribution in [3.8, 4) is 5.75 Å². The summed E-state index contributed by atoms with van der Waals surface area (Å²) in [5, 5.41) is 2.64. The normalized spacial score (nSPS) is 11.0. The van der Waals surface area contributed by atoms with Crippen LogP contribution in [0.25, 0.3) is 0 Å². The van der Waals surface area contributed by atoms with Crippen molar-refractivity contribution in [1.29, 1.82) is 0 Å². The lowest BCUT2D eigenvalue weighted by Gasteiger charge is -2.24. The number of benzene rings is 3. The Bertz CT molecular complexity index is 1150. The Hall–Kier alpha value is -2.91. The number of anilines is 2. The highest BCUT2D eigenvalue weighted by molar-refractivity contribution is 9.10. The molecule has 0 saturated heterocycles. The van der Waals surface area contributed by atoms with Crippen LogP contribution in [0.5, 0.6) is 5.75 Å². The summed E-state index contributed by atoms with van der Waals surface area (Å²) >= 11 is 3.32. The largest absolute Gasteiger partial charge is 0.497 e. The fourth-order valence-corrected chi connectivity index (χ4v) is 4.52. The van der Waals surface area contributed by atoms with Crippen LogP contribution in [-0.2, 0) is 14.8 Å². The van der Waals surface area contributed by atoms with Crippen LogP contribution >= 0.6 is 15.9 Å². The molecule has 0 fully saturated rings. The van der Waals surface area contributed by atoms with Crippen molar-refractivity contribution in [1.82, 2.24) is 0 Å². The summed E-state index contributed by atoms with van der Waals surface area (Å²) in [5.74, 6) is -0.913. The molecular formula is C21H18BrFN2O4S. The maximum atomic E-state index is 14.5. The standard InChI is InChI=1S/C21H18BrFN2O4S/c1-29-15-10-12-16(13-11-15)30(27,28)25(20-9-5-3-7-18(20)23)14-21(26)24-19-8-4-2-6-17(19)22/h2-13H,14H2,1H3,(H,24,26). The Morgan fingerprint density at radius 3 is 2.30 bits per heavy atom. The summed E-state index contributed by atoms with van der Waals surface area (Å²) in [5.41, 5.74) is 0.244. The van der Waals surface area contributed by atoms with E-state index in [0.717, 1.165) is 10.4 Å². The predicted molar refractivity (Wildman–Crippen MR) is 117 cm³/mol. The average Bonchev–Trinajstić information content (AvgIpc) is 2.74. The summed E-state index contributed by atoms with van der Waals surface area (Å²) in [4.78, 5) is 12.6. The van der Waals surface area contributed by atoms with Gasteiger partial charge in [-0.2, -0.15) is 0 Å². The second-order valence-corrected chi connectivity index (χ2v) is 8.88. The van der Waals surface area contributed by atoms with Crippen molar-refractivity contribution in [2.45, 2.75) is 4.90 Å². The third-order valence-corrected chi connectivity index (χ3v) is 6.67. The number of hydrogen-bond donors (Lipinski definition) is 1. The third-order valence-electron chi connectivity index (χ3n) is 4.20. The highest BCUT2D eigenvalue weighted by atomic mass is 79.9. The first-order chi connectivity index (χ1) is 14.3. The van der Waals surface area contributed by atoms with Crippen LogP contribution < -0.4 is 14.4 Å². The van der Waals surface area contributed by atoms with Gasteiger partial charge in [-0.05, 0) is 64.5 Å². The summed E-state index contributed by atoms with van der Waals surface area (Å²) in [6.07, 6.45) is 0. The highest BCUT2D eigenvalue weighted by Gasteiger charge is 2.29. The molecule has 9 heteroatoms. The minimum Gasteiger partial charge on any atom is -0.497 e. The molecular weight excluding hydrogens is 475 g/mol. The van der Waals surface area contributed by atoms with Crippen molar-refractivity contribution >= 4 is 43.2 Å². The number of nitrogens with one attached hydrogen (secondary N) is 1. The van der Waals surface area contributed by atoms with Crippen LogP contribution in [0.3, 0.4) is 0 Å². The van der Waals surface area contributed by atoms with E-state index < -0.39 is 28.3 Å². The van der Waals surface area contributed by atoms with Crippen LogP contribution in [0.4, 0.5) is 15.8 Å². The molecule has 0 atom stereocenters. The number of nitrogens with zero attached hydrogens (tertiary/aromatic N) is 1. The molecule has 0 bridgehead atoms. The van der Waals surface area contributed by atoms with Gasteiger partial charge < -0.3 is 10.1 Å². The SMILES string of the molecule is COc1ccc(S(=O)(=O)N(CC(=O)Nc2ccccc2Br)c2ccccc2F)cc1.